The zero-order valence-electron chi connectivity index (χ0n) is 8.28. The molecule has 0 aromatic rings. The highest BCUT2D eigenvalue weighted by atomic mass is 31.2. The smallest absolute Gasteiger partial charge is 0.312 e. The standard InChI is InChI=1S/C9H17O3P/c1-4-6-10-13-11-7-9(3,5-2)8-12-13/h4H,1,5-8H2,2-3H3. The molecule has 0 bridgehead atoms. The van der Waals surface area contributed by atoms with E-state index in [0.29, 0.717) is 6.61 Å². The first-order chi connectivity index (χ1) is 6.20. The quantitative estimate of drug-likeness (QED) is 0.520. The zero-order chi connectivity index (χ0) is 9.73. The minimum Gasteiger partial charge on any atom is -0.312 e. The van der Waals surface area contributed by atoms with Gasteiger partial charge in [0.05, 0.1) is 19.8 Å². The second-order valence-electron chi connectivity index (χ2n) is 3.52. The summed E-state index contributed by atoms with van der Waals surface area (Å²) in [5.74, 6) is 0. The molecule has 0 aromatic carbocycles. The molecule has 1 rings (SSSR count). The second-order valence-corrected chi connectivity index (χ2v) is 4.74. The van der Waals surface area contributed by atoms with Crippen LogP contribution in [0, 0.1) is 5.41 Å². The molecule has 1 heterocycles. The van der Waals surface area contributed by atoms with Crippen LogP contribution in [-0.2, 0) is 13.6 Å². The van der Waals surface area contributed by atoms with E-state index in [1.54, 1.807) is 6.08 Å². The lowest BCUT2D eigenvalue weighted by atomic mass is 9.90. The molecule has 0 atom stereocenters. The maximum absolute atomic E-state index is 5.46. The molecule has 3 nitrogen and oxygen atoms in total. The van der Waals surface area contributed by atoms with Crippen LogP contribution in [0.5, 0.6) is 0 Å². The van der Waals surface area contributed by atoms with E-state index in [2.05, 4.69) is 20.4 Å². The summed E-state index contributed by atoms with van der Waals surface area (Å²) in [4.78, 5) is 0. The monoisotopic (exact) mass is 204 g/mol. The first-order valence-corrected chi connectivity index (χ1v) is 5.59. The van der Waals surface area contributed by atoms with Gasteiger partial charge in [0.1, 0.15) is 0 Å². The van der Waals surface area contributed by atoms with Gasteiger partial charge < -0.3 is 13.6 Å². The molecular formula is C9H17O3P. The van der Waals surface area contributed by atoms with Gasteiger partial charge in [0.25, 0.3) is 0 Å². The molecule has 4 heteroatoms. The largest absolute Gasteiger partial charge is 0.333 e. The van der Waals surface area contributed by atoms with Gasteiger partial charge in [0.2, 0.25) is 0 Å². The van der Waals surface area contributed by atoms with Crippen LogP contribution < -0.4 is 0 Å². The Kier molecular flexibility index (Phi) is 4.33. The molecule has 0 radical (unpaired) electrons. The van der Waals surface area contributed by atoms with Crippen molar-refractivity contribution < 1.29 is 13.6 Å². The normalized spacial score (nSPS) is 34.5. The predicted octanol–water partition coefficient (Wildman–Crippen LogP) is 2.88. The average Bonchev–Trinajstić information content (AvgIpc) is 2.17. The van der Waals surface area contributed by atoms with Gasteiger partial charge in [-0.3, -0.25) is 0 Å². The van der Waals surface area contributed by atoms with Gasteiger partial charge in [-0.05, 0) is 6.42 Å². The van der Waals surface area contributed by atoms with Crippen molar-refractivity contribution in [3.63, 3.8) is 0 Å². The predicted molar refractivity (Wildman–Crippen MR) is 53.4 cm³/mol. The number of hydrogen-bond acceptors (Lipinski definition) is 3. The maximum Gasteiger partial charge on any atom is 0.333 e. The molecule has 1 fully saturated rings. The molecular weight excluding hydrogens is 187 g/mol. The van der Waals surface area contributed by atoms with Crippen LogP contribution >= 0.6 is 8.60 Å². The lowest BCUT2D eigenvalue weighted by molar-refractivity contribution is 0.0173. The Morgan fingerprint density at radius 1 is 1.54 bits per heavy atom. The van der Waals surface area contributed by atoms with Crippen molar-refractivity contribution in [2.24, 2.45) is 5.41 Å². The number of rotatable bonds is 4. The zero-order valence-corrected chi connectivity index (χ0v) is 9.18. The highest BCUT2D eigenvalue weighted by Crippen LogP contribution is 2.47. The van der Waals surface area contributed by atoms with Crippen LogP contribution in [0.15, 0.2) is 12.7 Å². The van der Waals surface area contributed by atoms with E-state index in [9.17, 15) is 0 Å². The molecule has 1 saturated heterocycles. The van der Waals surface area contributed by atoms with E-state index in [-0.39, 0.29) is 5.41 Å². The molecule has 1 aliphatic heterocycles. The van der Waals surface area contributed by atoms with Crippen molar-refractivity contribution >= 4 is 8.60 Å². The molecule has 1 aliphatic rings. The molecule has 0 unspecified atom stereocenters. The van der Waals surface area contributed by atoms with Gasteiger partial charge in [-0.2, -0.15) is 0 Å². The third-order valence-electron chi connectivity index (χ3n) is 2.19. The molecule has 0 aliphatic carbocycles. The molecule has 0 saturated carbocycles. The van der Waals surface area contributed by atoms with Gasteiger partial charge in [-0.15, -0.1) is 6.58 Å². The molecule has 76 valence electrons. The highest BCUT2D eigenvalue weighted by molar-refractivity contribution is 7.41. The molecule has 0 amide bonds. The van der Waals surface area contributed by atoms with Crippen LogP contribution in [-0.4, -0.2) is 19.8 Å². The molecule has 13 heavy (non-hydrogen) atoms. The van der Waals surface area contributed by atoms with Crippen LogP contribution in [0.3, 0.4) is 0 Å². The minimum atomic E-state index is -1.11. The van der Waals surface area contributed by atoms with E-state index in [4.69, 9.17) is 13.6 Å². The lowest BCUT2D eigenvalue weighted by Gasteiger charge is -2.34. The fourth-order valence-electron chi connectivity index (χ4n) is 0.888. The molecule has 0 aromatic heterocycles. The molecule has 0 spiro atoms. The summed E-state index contributed by atoms with van der Waals surface area (Å²) >= 11 is 0. The van der Waals surface area contributed by atoms with E-state index < -0.39 is 8.60 Å². The topological polar surface area (TPSA) is 27.7 Å². The second kappa shape index (κ2) is 5.06. The Bertz CT molecular complexity index is 164. The summed E-state index contributed by atoms with van der Waals surface area (Å²) in [5, 5.41) is 0. The average molecular weight is 204 g/mol. The summed E-state index contributed by atoms with van der Waals surface area (Å²) < 4.78 is 16.2. The first kappa shape index (κ1) is 11.1. The minimum absolute atomic E-state index is 0.163. The summed E-state index contributed by atoms with van der Waals surface area (Å²) in [5.41, 5.74) is 0.163. The maximum atomic E-state index is 5.46. The first-order valence-electron chi connectivity index (χ1n) is 4.50. The fraction of sp³-hybridized carbons (Fsp3) is 0.778. The summed E-state index contributed by atoms with van der Waals surface area (Å²) in [6.45, 7) is 9.82. The lowest BCUT2D eigenvalue weighted by Crippen LogP contribution is -2.31. The summed E-state index contributed by atoms with van der Waals surface area (Å²) in [7, 11) is -1.11. The van der Waals surface area contributed by atoms with Crippen molar-refractivity contribution in [2.45, 2.75) is 20.3 Å². The SMILES string of the molecule is C=CCOP1OCC(C)(CC)CO1. The van der Waals surface area contributed by atoms with Gasteiger partial charge in [-0.25, -0.2) is 0 Å². The summed E-state index contributed by atoms with van der Waals surface area (Å²) in [6, 6.07) is 0. The fourth-order valence-corrected chi connectivity index (χ4v) is 2.17. The third-order valence-corrected chi connectivity index (χ3v) is 3.23. The van der Waals surface area contributed by atoms with E-state index in [1.165, 1.54) is 0 Å². The van der Waals surface area contributed by atoms with Gasteiger partial charge in [0.15, 0.2) is 0 Å². The van der Waals surface area contributed by atoms with E-state index >= 15 is 0 Å². The summed E-state index contributed by atoms with van der Waals surface area (Å²) in [6.07, 6.45) is 2.76. The van der Waals surface area contributed by atoms with Crippen LogP contribution in [0.1, 0.15) is 20.3 Å². The van der Waals surface area contributed by atoms with Gasteiger partial charge >= 0.3 is 8.60 Å². The van der Waals surface area contributed by atoms with E-state index in [1.807, 2.05) is 0 Å². The van der Waals surface area contributed by atoms with Crippen molar-refractivity contribution in [1.82, 2.24) is 0 Å². The van der Waals surface area contributed by atoms with Crippen molar-refractivity contribution in [1.29, 1.82) is 0 Å². The van der Waals surface area contributed by atoms with Crippen LogP contribution in [0.25, 0.3) is 0 Å². The van der Waals surface area contributed by atoms with Crippen molar-refractivity contribution in [3.05, 3.63) is 12.7 Å². The number of hydrogen-bond donors (Lipinski definition) is 0. The highest BCUT2D eigenvalue weighted by Gasteiger charge is 2.32. The van der Waals surface area contributed by atoms with E-state index in [0.717, 1.165) is 19.6 Å². The third kappa shape index (κ3) is 3.35. The van der Waals surface area contributed by atoms with Crippen molar-refractivity contribution in [3.8, 4) is 0 Å². The van der Waals surface area contributed by atoms with Crippen LogP contribution in [0.2, 0.25) is 0 Å². The molecule has 0 N–H and O–H groups in total. The Hall–Kier alpha value is 0.0500. The Morgan fingerprint density at radius 3 is 2.62 bits per heavy atom. The Morgan fingerprint density at radius 2 is 2.15 bits per heavy atom. The Labute approximate surface area is 81.1 Å². The van der Waals surface area contributed by atoms with Crippen molar-refractivity contribution in [2.75, 3.05) is 19.8 Å². The van der Waals surface area contributed by atoms with Crippen LogP contribution in [0.4, 0.5) is 0 Å². The van der Waals surface area contributed by atoms with Gasteiger partial charge in [-0.1, -0.05) is 19.9 Å². The Balaban J connectivity index is 2.26. The van der Waals surface area contributed by atoms with Gasteiger partial charge in [0, 0.05) is 5.41 Å².